The van der Waals surface area contributed by atoms with Crippen molar-refractivity contribution in [1.29, 1.82) is 0 Å². The number of fused-ring (bicyclic) bond motifs is 7. The van der Waals surface area contributed by atoms with Crippen LogP contribution in [0.1, 0.15) is 106 Å². The van der Waals surface area contributed by atoms with Gasteiger partial charge in [0.05, 0.1) is 31.5 Å². The van der Waals surface area contributed by atoms with E-state index in [0.29, 0.717) is 19.3 Å². The molecule has 7 fully saturated rings. The fraction of sp³-hybridized carbons (Fsp3) is 0.938. The molecule has 0 bridgehead atoms. The average Bonchev–Trinajstić information content (AvgIpc) is 3.28. The molecule has 5 aliphatic carbocycles. The molecule has 0 aromatic heterocycles. The number of hydrogen-bond acceptors (Lipinski definition) is 18. The van der Waals surface area contributed by atoms with Crippen LogP contribution in [0.25, 0.3) is 0 Å². The summed E-state index contributed by atoms with van der Waals surface area (Å²) in [6.07, 6.45) is -18.7. The van der Waals surface area contributed by atoms with Crippen LogP contribution >= 0.6 is 0 Å². The molecule has 384 valence electrons. The summed E-state index contributed by atoms with van der Waals surface area (Å²) in [5.41, 5.74) is -0.690. The van der Waals surface area contributed by atoms with Crippen molar-refractivity contribution in [2.45, 2.75) is 211 Å². The lowest BCUT2D eigenvalue weighted by Crippen LogP contribution is -2.68. The van der Waals surface area contributed by atoms with Gasteiger partial charge in [0.2, 0.25) is 0 Å². The van der Waals surface area contributed by atoms with Crippen molar-refractivity contribution < 1.29 is 94.5 Å². The van der Waals surface area contributed by atoms with E-state index in [1.54, 1.807) is 0 Å². The lowest BCUT2D eigenvalue weighted by molar-refractivity contribution is -0.388. The Morgan fingerprint density at radius 3 is 1.94 bits per heavy atom. The molecule has 8 rings (SSSR count). The Bertz CT molecular complexity index is 1840. The topological polar surface area (TPSA) is 315 Å². The Kier molecular flexibility index (Phi) is 14.1. The van der Waals surface area contributed by atoms with Gasteiger partial charge in [-0.25, -0.2) is 4.79 Å². The molecule has 3 aliphatic heterocycles. The molecule has 67 heavy (non-hydrogen) atoms. The maximum Gasteiger partial charge on any atom is 0.335 e. The van der Waals surface area contributed by atoms with E-state index >= 15 is 0 Å². The second-order valence-electron chi connectivity index (χ2n) is 23.4. The molecule has 19 nitrogen and oxygen atoms in total. The second-order valence-corrected chi connectivity index (χ2v) is 23.4. The highest BCUT2D eigenvalue weighted by Gasteiger charge is 2.70. The lowest BCUT2D eigenvalue weighted by Gasteiger charge is -2.72. The van der Waals surface area contributed by atoms with Gasteiger partial charge in [-0.3, -0.25) is 0 Å². The van der Waals surface area contributed by atoms with Crippen molar-refractivity contribution >= 4 is 5.97 Å². The lowest BCUT2D eigenvalue weighted by atomic mass is 9.33. The second kappa shape index (κ2) is 18.2. The molecule has 0 aromatic carbocycles. The summed E-state index contributed by atoms with van der Waals surface area (Å²) in [5.74, 6) is -1.34. The number of carbonyl (C=O) groups is 1. The first kappa shape index (κ1) is 51.9. The van der Waals surface area contributed by atoms with Crippen LogP contribution in [0.15, 0.2) is 11.6 Å². The summed E-state index contributed by atoms with van der Waals surface area (Å²) in [6.45, 7) is 13.7. The highest BCUT2D eigenvalue weighted by atomic mass is 16.8. The Hall–Kier alpha value is -1.47. The predicted octanol–water partition coefficient (Wildman–Crippen LogP) is -0.323. The van der Waals surface area contributed by atoms with E-state index in [1.807, 2.05) is 6.92 Å². The van der Waals surface area contributed by atoms with Gasteiger partial charge in [0, 0.05) is 17.4 Å². The summed E-state index contributed by atoms with van der Waals surface area (Å²) in [6, 6.07) is 0. The molecule has 0 amide bonds. The SMILES string of the molecule is C[C@@H]1O[C@@H](O[C@H]2[C@H](O[C@H]3[C@H](O)[C@@H](O)[C@H](O[C@H]4CC[C@@]5(C)[C@@H](CC[C@]6(C)[C@@H]5CC=C5[C@@H]7C[C@](C)(CO)C[C@@H](O)[C@]7(C)CC[C@]56C)[C@@]4(C)CO)O[C@@H]3C(=O)O)O[C@H](CO)[C@@H](O)[C@@H]2O)[C@H](O)[C@H](O)[C@H]1O. The minimum atomic E-state index is -2.04. The van der Waals surface area contributed by atoms with E-state index in [1.165, 1.54) is 12.5 Å². The van der Waals surface area contributed by atoms with Crippen LogP contribution in [-0.2, 0) is 33.2 Å². The monoisotopic (exact) mass is 959 g/mol. The first-order valence-corrected chi connectivity index (χ1v) is 24.4. The molecule has 3 saturated heterocycles. The van der Waals surface area contributed by atoms with Crippen molar-refractivity contribution in [3.05, 3.63) is 11.6 Å². The van der Waals surface area contributed by atoms with E-state index in [-0.39, 0.29) is 58.0 Å². The van der Waals surface area contributed by atoms with Crippen LogP contribution in [0.3, 0.4) is 0 Å². The summed E-state index contributed by atoms with van der Waals surface area (Å²) in [4.78, 5) is 12.9. The zero-order valence-corrected chi connectivity index (χ0v) is 39.8. The minimum Gasteiger partial charge on any atom is -0.479 e. The van der Waals surface area contributed by atoms with Gasteiger partial charge in [0.25, 0.3) is 0 Å². The Balaban J connectivity index is 1.01. The van der Waals surface area contributed by atoms with Crippen LogP contribution in [0.5, 0.6) is 0 Å². The molecule has 26 atom stereocenters. The number of hydrogen-bond donors (Lipinski definition) is 12. The first-order chi connectivity index (χ1) is 31.3. The molecule has 4 saturated carbocycles. The number of aliphatic hydroxyl groups excluding tert-OH is 11. The van der Waals surface area contributed by atoms with Gasteiger partial charge in [-0.2, -0.15) is 0 Å². The molecule has 0 spiro atoms. The van der Waals surface area contributed by atoms with Crippen LogP contribution in [0.2, 0.25) is 0 Å². The Labute approximate surface area is 392 Å². The quantitative estimate of drug-likeness (QED) is 0.0986. The maximum absolute atomic E-state index is 12.9. The molecular formula is C48H78O19. The van der Waals surface area contributed by atoms with Crippen molar-refractivity contribution in [2.75, 3.05) is 19.8 Å². The minimum absolute atomic E-state index is 0.0212. The van der Waals surface area contributed by atoms with Gasteiger partial charge in [0.15, 0.2) is 25.0 Å². The Morgan fingerprint density at radius 1 is 0.657 bits per heavy atom. The average molecular weight is 959 g/mol. The molecule has 3 heterocycles. The highest BCUT2D eigenvalue weighted by Crippen LogP contribution is 2.76. The van der Waals surface area contributed by atoms with Crippen molar-refractivity contribution in [3.8, 4) is 0 Å². The largest absolute Gasteiger partial charge is 0.479 e. The van der Waals surface area contributed by atoms with Crippen LogP contribution < -0.4 is 0 Å². The number of aliphatic carboxylic acids is 1. The fourth-order valence-electron chi connectivity index (χ4n) is 15.1. The van der Waals surface area contributed by atoms with E-state index < -0.39 is 122 Å². The van der Waals surface area contributed by atoms with Crippen LogP contribution in [0, 0.1) is 50.2 Å². The van der Waals surface area contributed by atoms with E-state index in [9.17, 15) is 66.1 Å². The molecule has 0 radical (unpaired) electrons. The number of carboxylic acid groups (broad SMARTS) is 1. The third kappa shape index (κ3) is 8.01. The molecule has 0 aromatic rings. The third-order valence-electron chi connectivity index (χ3n) is 19.8. The Morgan fingerprint density at radius 2 is 1.30 bits per heavy atom. The molecular weight excluding hydrogens is 881 g/mol. The summed E-state index contributed by atoms with van der Waals surface area (Å²) in [5, 5.41) is 130. The number of allylic oxidation sites excluding steroid dienone is 2. The van der Waals surface area contributed by atoms with Gasteiger partial charge in [-0.15, -0.1) is 0 Å². The van der Waals surface area contributed by atoms with Gasteiger partial charge in [-0.05, 0) is 104 Å². The molecule has 0 unspecified atom stereocenters. The molecule has 12 N–H and O–H groups in total. The molecule has 8 aliphatic rings. The van der Waals surface area contributed by atoms with Crippen LogP contribution in [-0.4, -0.2) is 191 Å². The summed E-state index contributed by atoms with van der Waals surface area (Å²) in [7, 11) is 0. The number of rotatable bonds is 10. The maximum atomic E-state index is 12.9. The molecule has 19 heteroatoms. The van der Waals surface area contributed by atoms with E-state index in [4.69, 9.17) is 28.4 Å². The number of ether oxygens (including phenoxy) is 6. The first-order valence-electron chi connectivity index (χ1n) is 24.4. The standard InChI is InChI=1S/C48H78O19/c1-21-29(53)31(55)34(58)40(62-21)66-37-32(56)30(54)24(18-49)63-42(37)65-36-33(57)35(59)41(67-38(36)39(60)61)64-28-11-12-45(4)25(46(28,5)20-51)10-13-48(7)26(45)9-8-22-23-16-43(2,19-50)17-27(52)44(23,3)14-15-47(22,48)6/h8,21,23-38,40-42,49-59H,9-20H2,1-7H3,(H,60,61)/t21-,23-,24+,25+,26+,27+,28-,29-,30+,31+,32-,33+,34+,35+,36-,37+,38-,40-,41+,42-,43-,44+,45-,46+,47+,48+/m0/s1. The van der Waals surface area contributed by atoms with Crippen molar-refractivity contribution in [3.63, 3.8) is 0 Å². The van der Waals surface area contributed by atoms with E-state index in [2.05, 4.69) is 40.7 Å². The fourth-order valence-corrected chi connectivity index (χ4v) is 15.1. The van der Waals surface area contributed by atoms with Gasteiger partial charge in [-0.1, -0.05) is 53.2 Å². The van der Waals surface area contributed by atoms with Crippen molar-refractivity contribution in [2.24, 2.45) is 50.2 Å². The van der Waals surface area contributed by atoms with Crippen LogP contribution in [0.4, 0.5) is 0 Å². The summed E-state index contributed by atoms with van der Waals surface area (Å²) >= 11 is 0. The highest BCUT2D eigenvalue weighted by molar-refractivity contribution is 5.73. The zero-order chi connectivity index (χ0) is 49.1. The van der Waals surface area contributed by atoms with Crippen molar-refractivity contribution in [1.82, 2.24) is 0 Å². The third-order valence-corrected chi connectivity index (χ3v) is 19.8. The van der Waals surface area contributed by atoms with Gasteiger partial charge >= 0.3 is 5.97 Å². The smallest absolute Gasteiger partial charge is 0.335 e. The predicted molar refractivity (Wildman–Crippen MR) is 232 cm³/mol. The van der Waals surface area contributed by atoms with E-state index in [0.717, 1.165) is 38.5 Å². The number of carboxylic acids is 1. The van der Waals surface area contributed by atoms with Gasteiger partial charge < -0.3 is 89.7 Å². The zero-order valence-electron chi connectivity index (χ0n) is 39.8. The normalized spacial score (nSPS) is 56.7. The summed E-state index contributed by atoms with van der Waals surface area (Å²) < 4.78 is 35.3. The van der Waals surface area contributed by atoms with Gasteiger partial charge in [0.1, 0.15) is 61.0 Å². The number of aliphatic hydroxyl groups is 11.